The van der Waals surface area contributed by atoms with Crippen molar-refractivity contribution in [3.63, 3.8) is 0 Å². The molecule has 1 aromatic rings. The van der Waals surface area contributed by atoms with E-state index in [0.717, 1.165) is 19.1 Å². The highest BCUT2D eigenvalue weighted by atomic mass is 19.2. The van der Waals surface area contributed by atoms with Gasteiger partial charge in [0.05, 0.1) is 0 Å². The lowest BCUT2D eigenvalue weighted by Gasteiger charge is -2.01. The number of hydrogen-bond acceptors (Lipinski definition) is 3. The molecule has 0 atom stereocenters. The van der Waals surface area contributed by atoms with Crippen molar-refractivity contribution < 1.29 is 23.1 Å². The van der Waals surface area contributed by atoms with Gasteiger partial charge in [-0.05, 0) is 12.1 Å². The first kappa shape index (κ1) is 10.3. The molecular formula is C9H6F2O3. The van der Waals surface area contributed by atoms with Gasteiger partial charge in [-0.1, -0.05) is 0 Å². The van der Waals surface area contributed by atoms with Crippen molar-refractivity contribution in [2.24, 2.45) is 0 Å². The molecule has 0 N–H and O–H groups in total. The van der Waals surface area contributed by atoms with E-state index in [9.17, 15) is 18.4 Å². The Hall–Kier alpha value is -1.78. The third-order valence-electron chi connectivity index (χ3n) is 1.39. The van der Waals surface area contributed by atoms with Crippen LogP contribution in [0.3, 0.4) is 0 Å². The summed E-state index contributed by atoms with van der Waals surface area (Å²) in [7, 11) is 0. The second-order valence-corrected chi connectivity index (χ2v) is 2.52. The first-order chi connectivity index (χ1) is 6.50. The quantitative estimate of drug-likeness (QED) is 0.412. The fourth-order valence-corrected chi connectivity index (χ4v) is 0.719. The molecule has 0 aliphatic carbocycles. The molecule has 0 saturated heterocycles. The van der Waals surface area contributed by atoms with Gasteiger partial charge in [-0.15, -0.1) is 0 Å². The molecule has 0 aliphatic heterocycles. The van der Waals surface area contributed by atoms with E-state index in [1.54, 1.807) is 0 Å². The van der Waals surface area contributed by atoms with Crippen LogP contribution in [0.2, 0.25) is 0 Å². The van der Waals surface area contributed by atoms with E-state index in [1.165, 1.54) is 0 Å². The van der Waals surface area contributed by atoms with Gasteiger partial charge in [0.2, 0.25) is 5.78 Å². The van der Waals surface area contributed by atoms with Gasteiger partial charge >= 0.3 is 5.97 Å². The van der Waals surface area contributed by atoms with Gasteiger partial charge in [0, 0.05) is 13.0 Å². The minimum absolute atomic E-state index is 0.205. The minimum atomic E-state index is -1.14. The van der Waals surface area contributed by atoms with E-state index in [-0.39, 0.29) is 5.75 Å². The van der Waals surface area contributed by atoms with Crippen LogP contribution in [0.1, 0.15) is 6.92 Å². The second kappa shape index (κ2) is 3.95. The lowest BCUT2D eigenvalue weighted by molar-refractivity contribution is -0.146. The van der Waals surface area contributed by atoms with Gasteiger partial charge < -0.3 is 4.74 Å². The molecule has 0 amide bonds. The lowest BCUT2D eigenvalue weighted by Crippen LogP contribution is -2.16. The molecule has 5 heteroatoms. The molecule has 0 radical (unpaired) electrons. The summed E-state index contributed by atoms with van der Waals surface area (Å²) in [6.45, 7) is 1.02. The zero-order valence-corrected chi connectivity index (χ0v) is 7.21. The Morgan fingerprint density at radius 1 is 1.21 bits per heavy atom. The molecule has 0 unspecified atom stereocenters. The molecular weight excluding hydrogens is 194 g/mol. The van der Waals surface area contributed by atoms with Crippen molar-refractivity contribution in [1.29, 1.82) is 0 Å². The predicted octanol–water partition coefficient (Wildman–Crippen LogP) is 1.46. The molecule has 0 fully saturated rings. The Labute approximate surface area is 78.3 Å². The third-order valence-corrected chi connectivity index (χ3v) is 1.39. The van der Waals surface area contributed by atoms with Gasteiger partial charge in [0.15, 0.2) is 11.6 Å². The third kappa shape index (κ3) is 2.35. The van der Waals surface area contributed by atoms with Crippen LogP contribution in [0.5, 0.6) is 5.75 Å². The summed E-state index contributed by atoms with van der Waals surface area (Å²) < 4.78 is 29.4. The van der Waals surface area contributed by atoms with Crippen molar-refractivity contribution in [2.75, 3.05) is 0 Å². The van der Waals surface area contributed by atoms with E-state index in [4.69, 9.17) is 0 Å². The number of rotatable bonds is 2. The summed E-state index contributed by atoms with van der Waals surface area (Å²) in [6.07, 6.45) is 0. The van der Waals surface area contributed by atoms with E-state index >= 15 is 0 Å². The molecule has 0 aliphatic rings. The van der Waals surface area contributed by atoms with Gasteiger partial charge in [0.25, 0.3) is 0 Å². The van der Waals surface area contributed by atoms with Crippen molar-refractivity contribution in [3.05, 3.63) is 29.8 Å². The molecule has 0 saturated carbocycles. The molecule has 0 bridgehead atoms. The fraction of sp³-hybridized carbons (Fsp3) is 0.111. The Morgan fingerprint density at radius 3 is 2.36 bits per heavy atom. The zero-order chi connectivity index (χ0) is 10.7. The molecule has 1 rings (SSSR count). The predicted molar refractivity (Wildman–Crippen MR) is 42.7 cm³/mol. The Kier molecular flexibility index (Phi) is 2.91. The largest absolute Gasteiger partial charge is 0.421 e. The lowest BCUT2D eigenvalue weighted by atomic mass is 10.3. The number of esters is 1. The van der Waals surface area contributed by atoms with Crippen LogP contribution < -0.4 is 4.74 Å². The van der Waals surface area contributed by atoms with Crippen LogP contribution in [-0.4, -0.2) is 11.8 Å². The summed E-state index contributed by atoms with van der Waals surface area (Å²) in [4.78, 5) is 21.2. The first-order valence-corrected chi connectivity index (χ1v) is 3.68. The van der Waals surface area contributed by atoms with Gasteiger partial charge in [-0.25, -0.2) is 13.6 Å². The minimum Gasteiger partial charge on any atom is -0.421 e. The highest BCUT2D eigenvalue weighted by Crippen LogP contribution is 2.15. The van der Waals surface area contributed by atoms with Crippen LogP contribution in [0, 0.1) is 11.6 Å². The molecule has 0 heterocycles. The number of carbonyl (C=O) groups is 2. The average Bonchev–Trinajstić information content (AvgIpc) is 2.11. The van der Waals surface area contributed by atoms with E-state index in [2.05, 4.69) is 4.74 Å². The Morgan fingerprint density at radius 2 is 1.86 bits per heavy atom. The Balaban J connectivity index is 2.83. The first-order valence-electron chi connectivity index (χ1n) is 3.68. The summed E-state index contributed by atoms with van der Waals surface area (Å²) in [5, 5.41) is 0. The van der Waals surface area contributed by atoms with Gasteiger partial charge in [-0.3, -0.25) is 4.79 Å². The number of carbonyl (C=O) groups excluding carboxylic acids is 2. The number of benzene rings is 1. The van der Waals surface area contributed by atoms with Crippen molar-refractivity contribution >= 4 is 11.8 Å². The van der Waals surface area contributed by atoms with E-state index in [0.29, 0.717) is 6.07 Å². The smallest absolute Gasteiger partial charge is 0.379 e. The molecule has 14 heavy (non-hydrogen) atoms. The van der Waals surface area contributed by atoms with E-state index < -0.39 is 23.4 Å². The SMILES string of the molecule is CC(=O)C(=O)Oc1ccc(F)c(F)c1. The standard InChI is InChI=1S/C9H6F2O3/c1-5(12)9(13)14-6-2-3-7(10)8(11)4-6/h2-4H,1H3. The van der Waals surface area contributed by atoms with Crippen LogP contribution in [0.4, 0.5) is 8.78 Å². The number of ketones is 1. The monoisotopic (exact) mass is 200 g/mol. The van der Waals surface area contributed by atoms with Crippen LogP contribution in [0.15, 0.2) is 18.2 Å². The molecule has 0 spiro atoms. The summed E-state index contributed by atoms with van der Waals surface area (Å²) >= 11 is 0. The topological polar surface area (TPSA) is 43.4 Å². The maximum atomic E-state index is 12.6. The number of Topliss-reactive ketones (excluding diaryl/α,β-unsaturated/α-hetero) is 1. The Bertz CT molecular complexity index is 388. The average molecular weight is 200 g/mol. The number of hydrogen-bond donors (Lipinski definition) is 0. The number of halogens is 2. The highest BCUT2D eigenvalue weighted by molar-refractivity contribution is 6.33. The van der Waals surface area contributed by atoms with E-state index in [1.807, 2.05) is 0 Å². The zero-order valence-electron chi connectivity index (χ0n) is 7.21. The van der Waals surface area contributed by atoms with Crippen molar-refractivity contribution in [2.45, 2.75) is 6.92 Å². The molecule has 74 valence electrons. The normalized spacial score (nSPS) is 9.64. The van der Waals surface area contributed by atoms with Crippen LogP contribution >= 0.6 is 0 Å². The summed E-state index contributed by atoms with van der Waals surface area (Å²) in [5.41, 5.74) is 0. The highest BCUT2D eigenvalue weighted by Gasteiger charge is 2.11. The summed E-state index contributed by atoms with van der Waals surface area (Å²) in [5.74, 6) is -4.32. The molecule has 3 nitrogen and oxygen atoms in total. The van der Waals surface area contributed by atoms with Crippen molar-refractivity contribution in [3.8, 4) is 5.75 Å². The maximum Gasteiger partial charge on any atom is 0.379 e. The second-order valence-electron chi connectivity index (χ2n) is 2.52. The van der Waals surface area contributed by atoms with Crippen molar-refractivity contribution in [1.82, 2.24) is 0 Å². The van der Waals surface area contributed by atoms with Gasteiger partial charge in [0.1, 0.15) is 5.75 Å². The van der Waals surface area contributed by atoms with Crippen LogP contribution in [0.25, 0.3) is 0 Å². The summed E-state index contributed by atoms with van der Waals surface area (Å²) in [6, 6.07) is 2.55. The van der Waals surface area contributed by atoms with Crippen LogP contribution in [-0.2, 0) is 9.59 Å². The fourth-order valence-electron chi connectivity index (χ4n) is 0.719. The maximum absolute atomic E-state index is 12.6. The number of ether oxygens (including phenoxy) is 1. The molecule has 0 aromatic heterocycles. The van der Waals surface area contributed by atoms with Gasteiger partial charge in [-0.2, -0.15) is 0 Å². The molecule has 1 aromatic carbocycles.